The van der Waals surface area contributed by atoms with Crippen LogP contribution >= 0.6 is 0 Å². The van der Waals surface area contributed by atoms with E-state index in [1.807, 2.05) is 39.1 Å². The molecule has 0 bridgehead atoms. The first kappa shape index (κ1) is 14.2. The predicted molar refractivity (Wildman–Crippen MR) is 73.1 cm³/mol. The molecule has 0 radical (unpaired) electrons. The molecule has 1 aromatic carbocycles. The van der Waals surface area contributed by atoms with Crippen LogP contribution in [0.15, 0.2) is 18.2 Å². The highest BCUT2D eigenvalue weighted by Gasteiger charge is 2.10. The maximum atomic E-state index is 11.6. The smallest absolute Gasteiger partial charge is 0.239 e. The number of benzene rings is 1. The van der Waals surface area contributed by atoms with Crippen LogP contribution in [0.25, 0.3) is 0 Å². The molecule has 0 aliphatic rings. The van der Waals surface area contributed by atoms with Crippen molar-refractivity contribution in [2.75, 3.05) is 25.0 Å². The van der Waals surface area contributed by atoms with Crippen LogP contribution in [0.1, 0.15) is 29.3 Å². The lowest BCUT2D eigenvalue weighted by molar-refractivity contribution is -0.119. The number of likely N-dealkylation sites (N-methyl/N-ethyl adjacent to an activating group) is 1. The molecule has 1 amide bonds. The van der Waals surface area contributed by atoms with Gasteiger partial charge in [-0.3, -0.25) is 9.59 Å². The summed E-state index contributed by atoms with van der Waals surface area (Å²) in [6.07, 6.45) is 1.74. The van der Waals surface area contributed by atoms with E-state index in [-0.39, 0.29) is 12.5 Å². The van der Waals surface area contributed by atoms with Crippen LogP contribution in [-0.4, -0.2) is 32.3 Å². The van der Waals surface area contributed by atoms with E-state index in [1.54, 1.807) is 4.90 Å². The number of rotatable bonds is 6. The van der Waals surface area contributed by atoms with Gasteiger partial charge in [0.05, 0.1) is 6.54 Å². The number of amides is 1. The maximum Gasteiger partial charge on any atom is 0.239 e. The van der Waals surface area contributed by atoms with Crippen molar-refractivity contribution in [2.24, 2.45) is 0 Å². The number of carbonyl (C=O) groups is 2. The van der Waals surface area contributed by atoms with E-state index in [1.165, 1.54) is 0 Å². The summed E-state index contributed by atoms with van der Waals surface area (Å²) in [6.45, 7) is 4.88. The third-order valence-electron chi connectivity index (χ3n) is 2.67. The zero-order valence-electron chi connectivity index (χ0n) is 11.2. The fraction of sp³-hybridized carbons (Fsp3) is 0.429. The number of nitrogens with one attached hydrogen (secondary N) is 1. The van der Waals surface area contributed by atoms with Crippen LogP contribution in [0.2, 0.25) is 0 Å². The zero-order valence-corrected chi connectivity index (χ0v) is 11.2. The van der Waals surface area contributed by atoms with Gasteiger partial charge in [0, 0.05) is 24.8 Å². The molecule has 4 nitrogen and oxygen atoms in total. The lowest BCUT2D eigenvalue weighted by Gasteiger charge is -2.20. The first-order valence-corrected chi connectivity index (χ1v) is 6.12. The molecule has 0 spiro atoms. The molecular weight excluding hydrogens is 228 g/mol. The topological polar surface area (TPSA) is 49.4 Å². The molecule has 1 N–H and O–H groups in total. The molecular formula is C14H20N2O2. The standard InChI is InChI=1S/C14H20N2O2/c1-4-7-15-14(18)9-16(3)13-6-5-11(2)8-12(13)10-17/h5-6,8,10H,4,7,9H2,1-3H3,(H,15,18). The number of hydrogen-bond acceptors (Lipinski definition) is 3. The Morgan fingerprint density at radius 2 is 2.17 bits per heavy atom. The van der Waals surface area contributed by atoms with Crippen molar-refractivity contribution >= 4 is 17.9 Å². The van der Waals surface area contributed by atoms with Crippen LogP contribution in [0, 0.1) is 6.92 Å². The lowest BCUT2D eigenvalue weighted by atomic mass is 10.1. The molecule has 0 aromatic heterocycles. The Hall–Kier alpha value is -1.84. The largest absolute Gasteiger partial charge is 0.365 e. The number of hydrogen-bond donors (Lipinski definition) is 1. The maximum absolute atomic E-state index is 11.6. The van der Waals surface area contributed by atoms with E-state index < -0.39 is 0 Å². The second-order valence-electron chi connectivity index (χ2n) is 4.39. The molecule has 0 unspecified atom stereocenters. The summed E-state index contributed by atoms with van der Waals surface area (Å²) in [6, 6.07) is 5.62. The Balaban J connectivity index is 2.74. The van der Waals surface area contributed by atoms with Crippen molar-refractivity contribution in [3.05, 3.63) is 29.3 Å². The summed E-state index contributed by atoms with van der Waals surface area (Å²) in [4.78, 5) is 24.4. The van der Waals surface area contributed by atoms with Gasteiger partial charge in [-0.1, -0.05) is 18.6 Å². The summed E-state index contributed by atoms with van der Waals surface area (Å²) in [5.74, 6) is -0.0308. The molecule has 4 heteroatoms. The van der Waals surface area contributed by atoms with Crippen LogP contribution in [-0.2, 0) is 4.79 Å². The van der Waals surface area contributed by atoms with Crippen molar-refractivity contribution in [3.63, 3.8) is 0 Å². The van der Waals surface area contributed by atoms with Crippen molar-refractivity contribution in [3.8, 4) is 0 Å². The van der Waals surface area contributed by atoms with Crippen LogP contribution in [0.3, 0.4) is 0 Å². The van der Waals surface area contributed by atoms with E-state index in [2.05, 4.69) is 5.32 Å². The van der Waals surface area contributed by atoms with E-state index in [9.17, 15) is 9.59 Å². The third-order valence-corrected chi connectivity index (χ3v) is 2.67. The van der Waals surface area contributed by atoms with Crippen molar-refractivity contribution in [1.29, 1.82) is 0 Å². The quantitative estimate of drug-likeness (QED) is 0.781. The second-order valence-corrected chi connectivity index (χ2v) is 4.39. The highest BCUT2D eigenvalue weighted by Crippen LogP contribution is 2.18. The number of anilines is 1. The van der Waals surface area contributed by atoms with Crippen LogP contribution < -0.4 is 10.2 Å². The minimum absolute atomic E-state index is 0.0308. The Kier molecular flexibility index (Phi) is 5.36. The van der Waals surface area contributed by atoms with E-state index in [0.717, 1.165) is 24.0 Å². The second kappa shape index (κ2) is 6.79. The Labute approximate surface area is 108 Å². The normalized spacial score (nSPS) is 9.94. The van der Waals surface area contributed by atoms with Gasteiger partial charge < -0.3 is 10.2 Å². The number of aldehydes is 1. The predicted octanol–water partition coefficient (Wildman–Crippen LogP) is 1.77. The Morgan fingerprint density at radius 3 is 2.78 bits per heavy atom. The molecule has 0 atom stereocenters. The van der Waals surface area contributed by atoms with E-state index in [0.29, 0.717) is 12.1 Å². The third kappa shape index (κ3) is 3.87. The van der Waals surface area contributed by atoms with Crippen molar-refractivity contribution < 1.29 is 9.59 Å². The molecule has 1 aromatic rings. The summed E-state index contributed by atoms with van der Waals surface area (Å²) in [7, 11) is 1.81. The fourth-order valence-corrected chi connectivity index (χ4v) is 1.74. The minimum Gasteiger partial charge on any atom is -0.365 e. The van der Waals surface area contributed by atoms with Crippen molar-refractivity contribution in [2.45, 2.75) is 20.3 Å². The minimum atomic E-state index is -0.0308. The van der Waals surface area contributed by atoms with E-state index in [4.69, 9.17) is 0 Å². The van der Waals surface area contributed by atoms with Gasteiger partial charge in [0.1, 0.15) is 0 Å². The molecule has 0 fully saturated rings. The van der Waals surface area contributed by atoms with Gasteiger partial charge in [-0.2, -0.15) is 0 Å². The Bertz CT molecular complexity index is 430. The van der Waals surface area contributed by atoms with Gasteiger partial charge in [-0.15, -0.1) is 0 Å². The van der Waals surface area contributed by atoms with Crippen LogP contribution in [0.5, 0.6) is 0 Å². The monoisotopic (exact) mass is 248 g/mol. The molecule has 98 valence electrons. The Morgan fingerprint density at radius 1 is 1.44 bits per heavy atom. The van der Waals surface area contributed by atoms with Crippen molar-refractivity contribution in [1.82, 2.24) is 5.32 Å². The lowest BCUT2D eigenvalue weighted by Crippen LogP contribution is -2.35. The zero-order chi connectivity index (χ0) is 13.5. The van der Waals surface area contributed by atoms with Gasteiger partial charge in [-0.25, -0.2) is 0 Å². The number of carbonyl (C=O) groups excluding carboxylic acids is 2. The average Bonchev–Trinajstić information content (AvgIpc) is 2.35. The molecule has 0 saturated heterocycles. The molecule has 1 rings (SSSR count). The average molecular weight is 248 g/mol. The summed E-state index contributed by atoms with van der Waals surface area (Å²) in [5.41, 5.74) is 2.42. The fourth-order valence-electron chi connectivity index (χ4n) is 1.74. The van der Waals surface area contributed by atoms with Crippen LogP contribution in [0.4, 0.5) is 5.69 Å². The highest BCUT2D eigenvalue weighted by atomic mass is 16.2. The van der Waals surface area contributed by atoms with Gasteiger partial charge >= 0.3 is 0 Å². The summed E-state index contributed by atoms with van der Waals surface area (Å²) >= 11 is 0. The molecule has 18 heavy (non-hydrogen) atoms. The van der Waals surface area contributed by atoms with E-state index >= 15 is 0 Å². The first-order valence-electron chi connectivity index (χ1n) is 6.12. The molecule has 0 saturated carbocycles. The molecule has 0 aliphatic heterocycles. The summed E-state index contributed by atoms with van der Waals surface area (Å²) in [5, 5.41) is 2.81. The first-order chi connectivity index (χ1) is 8.58. The molecule has 0 aliphatic carbocycles. The van der Waals surface area contributed by atoms with Gasteiger partial charge in [-0.05, 0) is 25.5 Å². The van der Waals surface area contributed by atoms with Gasteiger partial charge in [0.25, 0.3) is 0 Å². The van der Waals surface area contributed by atoms with Gasteiger partial charge in [0.15, 0.2) is 6.29 Å². The highest BCUT2D eigenvalue weighted by molar-refractivity contribution is 5.87. The number of nitrogens with zero attached hydrogens (tertiary/aromatic N) is 1. The SMILES string of the molecule is CCCNC(=O)CN(C)c1ccc(C)cc1C=O. The summed E-state index contributed by atoms with van der Waals surface area (Å²) < 4.78 is 0. The molecule has 0 heterocycles. The number of aryl methyl sites for hydroxylation is 1. The van der Waals surface area contributed by atoms with Gasteiger partial charge in [0.2, 0.25) is 5.91 Å².